The Morgan fingerprint density at radius 3 is 3.00 bits per heavy atom. The summed E-state index contributed by atoms with van der Waals surface area (Å²) in [6.07, 6.45) is 6.91. The predicted molar refractivity (Wildman–Crippen MR) is 69.0 cm³/mol. The monoisotopic (exact) mass is 237 g/mol. The number of aromatic nitrogens is 1. The van der Waals surface area contributed by atoms with Gasteiger partial charge in [0.15, 0.2) is 0 Å². The molecule has 1 aromatic heterocycles. The number of nitrogens with zero attached hydrogens (tertiary/aromatic N) is 2. The topological polar surface area (TPSA) is 51.3 Å². The minimum atomic E-state index is 0.389. The molecule has 1 aliphatic carbocycles. The van der Waals surface area contributed by atoms with Gasteiger partial charge in [-0.15, -0.1) is 11.3 Å². The van der Waals surface area contributed by atoms with Crippen molar-refractivity contribution in [2.45, 2.75) is 38.5 Å². The molecule has 0 spiro atoms. The third-order valence-electron chi connectivity index (χ3n) is 3.19. The Morgan fingerprint density at radius 1 is 1.62 bits per heavy atom. The van der Waals surface area contributed by atoms with Crippen LogP contribution in [0.15, 0.2) is 16.6 Å². The van der Waals surface area contributed by atoms with Crippen LogP contribution < -0.4 is 5.73 Å². The van der Waals surface area contributed by atoms with Crippen molar-refractivity contribution in [1.82, 2.24) is 4.98 Å². The van der Waals surface area contributed by atoms with Gasteiger partial charge in [0.25, 0.3) is 0 Å². The van der Waals surface area contributed by atoms with Crippen LogP contribution in [0.25, 0.3) is 0 Å². The van der Waals surface area contributed by atoms with E-state index in [0.29, 0.717) is 11.8 Å². The maximum absolute atomic E-state index is 6.01. The van der Waals surface area contributed by atoms with E-state index in [2.05, 4.69) is 16.9 Å². The van der Waals surface area contributed by atoms with Crippen LogP contribution in [0, 0.1) is 5.92 Å². The zero-order valence-electron chi connectivity index (χ0n) is 9.72. The van der Waals surface area contributed by atoms with Crippen LogP contribution in [0.1, 0.15) is 43.5 Å². The number of aliphatic imine (C=N–C) groups is 1. The second-order valence-electron chi connectivity index (χ2n) is 4.52. The molecule has 0 aromatic carbocycles. The lowest BCUT2D eigenvalue weighted by Gasteiger charge is -2.10. The first kappa shape index (κ1) is 11.6. The average molecular weight is 237 g/mol. The number of nitrogens with two attached hydrogens (primary N) is 1. The molecular weight excluding hydrogens is 218 g/mol. The fourth-order valence-corrected chi connectivity index (χ4v) is 2.84. The van der Waals surface area contributed by atoms with Crippen molar-refractivity contribution in [3.8, 4) is 0 Å². The first-order chi connectivity index (χ1) is 7.77. The molecule has 1 aromatic rings. The molecular formula is C12H19N3S. The van der Waals surface area contributed by atoms with Crippen molar-refractivity contribution in [3.05, 3.63) is 16.6 Å². The molecule has 88 valence electrons. The molecule has 2 rings (SSSR count). The van der Waals surface area contributed by atoms with Crippen LogP contribution in [0.2, 0.25) is 0 Å². The minimum absolute atomic E-state index is 0.389. The average Bonchev–Trinajstić information content (AvgIpc) is 2.95. The Bertz CT molecular complexity index is 339. The number of thiazole rings is 1. The van der Waals surface area contributed by atoms with Gasteiger partial charge in [0.1, 0.15) is 0 Å². The lowest BCUT2D eigenvalue weighted by atomic mass is 10.1. The highest BCUT2D eigenvalue weighted by Crippen LogP contribution is 2.25. The quantitative estimate of drug-likeness (QED) is 0.646. The smallest absolute Gasteiger partial charge is 0.0971 e. The summed E-state index contributed by atoms with van der Waals surface area (Å²) < 4.78 is 0. The predicted octanol–water partition coefficient (Wildman–Crippen LogP) is 2.79. The maximum atomic E-state index is 6.01. The number of amidine groups is 1. The molecule has 1 saturated carbocycles. The molecule has 1 fully saturated rings. The van der Waals surface area contributed by atoms with Gasteiger partial charge >= 0.3 is 0 Å². The molecule has 0 amide bonds. The molecule has 2 N–H and O–H groups in total. The number of hydrogen-bond donors (Lipinski definition) is 1. The van der Waals surface area contributed by atoms with E-state index in [1.165, 1.54) is 25.7 Å². The number of hydrogen-bond acceptors (Lipinski definition) is 3. The molecule has 0 radical (unpaired) electrons. The van der Waals surface area contributed by atoms with Crippen LogP contribution >= 0.6 is 11.3 Å². The highest BCUT2D eigenvalue weighted by molar-refractivity contribution is 7.09. The van der Waals surface area contributed by atoms with Gasteiger partial charge in [-0.05, 0) is 12.8 Å². The van der Waals surface area contributed by atoms with E-state index in [1.54, 1.807) is 11.3 Å². The molecule has 16 heavy (non-hydrogen) atoms. The van der Waals surface area contributed by atoms with E-state index in [-0.39, 0.29) is 0 Å². The summed E-state index contributed by atoms with van der Waals surface area (Å²) in [6, 6.07) is 0. The largest absolute Gasteiger partial charge is 0.387 e. The van der Waals surface area contributed by atoms with Crippen LogP contribution in [-0.2, 0) is 0 Å². The molecule has 1 atom stereocenters. The van der Waals surface area contributed by atoms with Crippen LogP contribution in [-0.4, -0.2) is 17.4 Å². The summed E-state index contributed by atoms with van der Waals surface area (Å²) in [4.78, 5) is 8.82. The Balaban J connectivity index is 1.87. The first-order valence-electron chi connectivity index (χ1n) is 5.96. The highest BCUT2D eigenvalue weighted by atomic mass is 32.1. The lowest BCUT2D eigenvalue weighted by Crippen LogP contribution is -2.22. The van der Waals surface area contributed by atoms with Gasteiger partial charge in [0.2, 0.25) is 0 Å². The fraction of sp³-hybridized carbons (Fsp3) is 0.667. The van der Waals surface area contributed by atoms with Crippen LogP contribution in [0.4, 0.5) is 0 Å². The summed E-state index contributed by atoms with van der Waals surface area (Å²) in [5, 5.41) is 3.17. The van der Waals surface area contributed by atoms with Gasteiger partial charge in [-0.1, -0.05) is 19.8 Å². The summed E-state index contributed by atoms with van der Waals surface area (Å²) in [5.74, 6) is 1.80. The van der Waals surface area contributed by atoms with E-state index in [4.69, 9.17) is 5.73 Å². The molecule has 1 heterocycles. The van der Waals surface area contributed by atoms with Crippen molar-refractivity contribution in [3.63, 3.8) is 0 Å². The van der Waals surface area contributed by atoms with Gasteiger partial charge in [0, 0.05) is 30.0 Å². The molecule has 0 saturated heterocycles. The molecule has 0 bridgehead atoms. The standard InChI is InChI=1S/C12H19N3S/c1-9(12-14-6-7-16-12)8-15-11(13)10-4-2-3-5-10/h6-7,9-10H,2-5,8H2,1H3,(H2,13,15). The van der Waals surface area contributed by atoms with E-state index in [1.807, 2.05) is 11.6 Å². The maximum Gasteiger partial charge on any atom is 0.0971 e. The van der Waals surface area contributed by atoms with Crippen molar-refractivity contribution < 1.29 is 0 Å². The van der Waals surface area contributed by atoms with E-state index < -0.39 is 0 Å². The molecule has 0 aliphatic heterocycles. The van der Waals surface area contributed by atoms with Crippen molar-refractivity contribution in [2.75, 3.05) is 6.54 Å². The third-order valence-corrected chi connectivity index (χ3v) is 4.20. The van der Waals surface area contributed by atoms with E-state index in [9.17, 15) is 0 Å². The Morgan fingerprint density at radius 2 is 2.38 bits per heavy atom. The van der Waals surface area contributed by atoms with Crippen LogP contribution in [0.3, 0.4) is 0 Å². The summed E-state index contributed by atoms with van der Waals surface area (Å²) in [5.41, 5.74) is 6.01. The van der Waals surface area contributed by atoms with E-state index in [0.717, 1.165) is 17.4 Å². The van der Waals surface area contributed by atoms with Crippen molar-refractivity contribution in [2.24, 2.45) is 16.6 Å². The summed E-state index contributed by atoms with van der Waals surface area (Å²) in [6.45, 7) is 2.93. The third kappa shape index (κ3) is 2.82. The summed E-state index contributed by atoms with van der Waals surface area (Å²) in [7, 11) is 0. The van der Waals surface area contributed by atoms with E-state index >= 15 is 0 Å². The van der Waals surface area contributed by atoms with Gasteiger partial charge in [-0.3, -0.25) is 4.99 Å². The Hall–Kier alpha value is -0.900. The number of rotatable bonds is 4. The van der Waals surface area contributed by atoms with Gasteiger partial charge in [-0.25, -0.2) is 4.98 Å². The van der Waals surface area contributed by atoms with Crippen LogP contribution in [0.5, 0.6) is 0 Å². The van der Waals surface area contributed by atoms with Crippen molar-refractivity contribution >= 4 is 17.2 Å². The zero-order valence-corrected chi connectivity index (χ0v) is 10.5. The highest BCUT2D eigenvalue weighted by Gasteiger charge is 2.18. The van der Waals surface area contributed by atoms with Gasteiger partial charge in [0.05, 0.1) is 10.8 Å². The molecule has 4 heteroatoms. The summed E-state index contributed by atoms with van der Waals surface area (Å²) >= 11 is 1.69. The normalized spacial score (nSPS) is 20.2. The second-order valence-corrected chi connectivity index (χ2v) is 5.44. The van der Waals surface area contributed by atoms with Crippen molar-refractivity contribution in [1.29, 1.82) is 0 Å². The SMILES string of the molecule is CC(CN=C(N)C1CCCC1)c1nccs1. The molecule has 1 unspecified atom stereocenters. The zero-order chi connectivity index (χ0) is 11.4. The fourth-order valence-electron chi connectivity index (χ4n) is 2.15. The first-order valence-corrected chi connectivity index (χ1v) is 6.84. The minimum Gasteiger partial charge on any atom is -0.387 e. The van der Waals surface area contributed by atoms with Gasteiger partial charge < -0.3 is 5.73 Å². The second kappa shape index (κ2) is 5.43. The Labute approximate surface area is 101 Å². The molecule has 1 aliphatic rings. The molecule has 3 nitrogen and oxygen atoms in total. The lowest BCUT2D eigenvalue weighted by molar-refractivity contribution is 0.701. The van der Waals surface area contributed by atoms with Gasteiger partial charge in [-0.2, -0.15) is 0 Å². The Kier molecular flexibility index (Phi) is 3.93.